The normalized spacial score (nSPS) is 19.1. The van der Waals surface area contributed by atoms with E-state index in [9.17, 15) is 9.59 Å². The highest BCUT2D eigenvalue weighted by atomic mass is 16.5. The second kappa shape index (κ2) is 5.08. The molecule has 18 heavy (non-hydrogen) atoms. The second-order valence-corrected chi connectivity index (χ2v) is 4.41. The first-order chi connectivity index (χ1) is 8.60. The molecule has 0 radical (unpaired) electrons. The van der Waals surface area contributed by atoms with Crippen molar-refractivity contribution in [1.82, 2.24) is 4.90 Å². The van der Waals surface area contributed by atoms with Crippen molar-refractivity contribution in [2.24, 2.45) is 5.73 Å². The minimum Gasteiger partial charge on any atom is -0.497 e. The van der Waals surface area contributed by atoms with Crippen molar-refractivity contribution < 1.29 is 14.3 Å². The number of carbonyl (C=O) groups is 2. The van der Waals surface area contributed by atoms with Crippen molar-refractivity contribution in [2.45, 2.75) is 12.3 Å². The Hall–Kier alpha value is -2.04. The van der Waals surface area contributed by atoms with Gasteiger partial charge >= 0.3 is 0 Å². The van der Waals surface area contributed by atoms with E-state index in [4.69, 9.17) is 10.5 Å². The molecule has 1 aromatic rings. The first-order valence-corrected chi connectivity index (χ1v) is 5.80. The Balaban J connectivity index is 2.06. The molecule has 1 atom stereocenters. The van der Waals surface area contributed by atoms with Gasteiger partial charge in [0.25, 0.3) is 0 Å². The number of amides is 2. The number of likely N-dealkylation sites (tertiary alicyclic amines) is 1. The highest BCUT2D eigenvalue weighted by Gasteiger charge is 2.31. The van der Waals surface area contributed by atoms with E-state index >= 15 is 0 Å². The number of nitrogens with two attached hydrogens (primary N) is 1. The number of hydrogen-bond donors (Lipinski definition) is 1. The highest BCUT2D eigenvalue weighted by Crippen LogP contribution is 2.28. The predicted molar refractivity (Wildman–Crippen MR) is 66.1 cm³/mol. The molecule has 0 aliphatic carbocycles. The summed E-state index contributed by atoms with van der Waals surface area (Å²) in [5.74, 6) is 0.424. The maximum absolute atomic E-state index is 11.7. The van der Waals surface area contributed by atoms with Crippen LogP contribution >= 0.6 is 0 Å². The molecule has 1 heterocycles. The number of methoxy groups -OCH3 is 1. The number of hydrogen-bond acceptors (Lipinski definition) is 3. The molecule has 1 fully saturated rings. The van der Waals surface area contributed by atoms with E-state index in [1.165, 1.54) is 4.90 Å². The van der Waals surface area contributed by atoms with E-state index < -0.39 is 5.91 Å². The molecule has 1 aliphatic heterocycles. The smallest absolute Gasteiger partial charge is 0.237 e. The van der Waals surface area contributed by atoms with Gasteiger partial charge in [0.05, 0.1) is 13.7 Å². The summed E-state index contributed by atoms with van der Waals surface area (Å²) in [5, 5.41) is 0. The molecule has 2 amide bonds. The highest BCUT2D eigenvalue weighted by molar-refractivity contribution is 5.85. The van der Waals surface area contributed by atoms with Gasteiger partial charge in [-0.15, -0.1) is 0 Å². The fraction of sp³-hybridized carbons (Fsp3) is 0.385. The van der Waals surface area contributed by atoms with Gasteiger partial charge in [0, 0.05) is 18.9 Å². The van der Waals surface area contributed by atoms with Gasteiger partial charge in [0.2, 0.25) is 11.8 Å². The van der Waals surface area contributed by atoms with Gasteiger partial charge in [-0.05, 0) is 17.7 Å². The van der Waals surface area contributed by atoms with Gasteiger partial charge in [-0.1, -0.05) is 12.1 Å². The van der Waals surface area contributed by atoms with E-state index in [1.807, 2.05) is 24.3 Å². The van der Waals surface area contributed by atoms with Crippen LogP contribution in [-0.4, -0.2) is 36.9 Å². The van der Waals surface area contributed by atoms with Gasteiger partial charge in [-0.25, -0.2) is 0 Å². The van der Waals surface area contributed by atoms with Crippen LogP contribution in [0.2, 0.25) is 0 Å². The molecular formula is C13H16N2O3. The van der Waals surface area contributed by atoms with Crippen molar-refractivity contribution in [3.63, 3.8) is 0 Å². The van der Waals surface area contributed by atoms with E-state index in [2.05, 4.69) is 0 Å². The summed E-state index contributed by atoms with van der Waals surface area (Å²) in [7, 11) is 1.61. The van der Waals surface area contributed by atoms with Crippen molar-refractivity contribution in [2.75, 3.05) is 20.2 Å². The summed E-state index contributed by atoms with van der Waals surface area (Å²) >= 11 is 0. The Morgan fingerprint density at radius 2 is 2.11 bits per heavy atom. The molecule has 0 spiro atoms. The van der Waals surface area contributed by atoms with Gasteiger partial charge < -0.3 is 15.4 Å². The Labute approximate surface area is 106 Å². The summed E-state index contributed by atoms with van der Waals surface area (Å²) in [6.45, 7) is 0.555. The average molecular weight is 248 g/mol. The molecule has 0 saturated carbocycles. The third-order valence-electron chi connectivity index (χ3n) is 3.15. The Morgan fingerprint density at radius 3 is 2.67 bits per heavy atom. The van der Waals surface area contributed by atoms with Crippen LogP contribution < -0.4 is 10.5 Å². The molecular weight excluding hydrogens is 232 g/mol. The second-order valence-electron chi connectivity index (χ2n) is 4.41. The Bertz CT molecular complexity index is 456. The molecule has 1 aliphatic rings. The van der Waals surface area contributed by atoms with Crippen LogP contribution in [0.5, 0.6) is 5.75 Å². The van der Waals surface area contributed by atoms with E-state index in [0.717, 1.165) is 11.3 Å². The lowest BCUT2D eigenvalue weighted by molar-refractivity contribution is -0.132. The van der Waals surface area contributed by atoms with Gasteiger partial charge in [-0.3, -0.25) is 9.59 Å². The SMILES string of the molecule is COc1ccc([C@@H]2CC(=O)N(CC(N)=O)C2)cc1. The summed E-state index contributed by atoms with van der Waals surface area (Å²) < 4.78 is 5.09. The van der Waals surface area contributed by atoms with Crippen molar-refractivity contribution >= 4 is 11.8 Å². The third kappa shape index (κ3) is 2.61. The van der Waals surface area contributed by atoms with Crippen LogP contribution in [0, 0.1) is 0 Å². The van der Waals surface area contributed by atoms with Crippen molar-refractivity contribution in [3.05, 3.63) is 29.8 Å². The van der Waals surface area contributed by atoms with E-state index in [1.54, 1.807) is 7.11 Å². The molecule has 0 unspecified atom stereocenters. The standard InChI is InChI=1S/C13H16N2O3/c1-18-11-4-2-9(3-5-11)10-6-13(17)15(7-10)8-12(14)16/h2-5,10H,6-8H2,1H3,(H2,14,16)/t10-/m1/s1. The first-order valence-electron chi connectivity index (χ1n) is 5.80. The van der Waals surface area contributed by atoms with Crippen LogP contribution in [0.4, 0.5) is 0 Å². The fourth-order valence-electron chi connectivity index (χ4n) is 2.21. The van der Waals surface area contributed by atoms with Crippen LogP contribution in [-0.2, 0) is 9.59 Å². The monoisotopic (exact) mass is 248 g/mol. The zero-order valence-corrected chi connectivity index (χ0v) is 10.3. The molecule has 5 heteroatoms. The van der Waals surface area contributed by atoms with Gasteiger partial charge in [0.1, 0.15) is 5.75 Å². The number of benzene rings is 1. The average Bonchev–Trinajstić information content (AvgIpc) is 2.70. The molecule has 0 bridgehead atoms. The molecule has 0 aromatic heterocycles. The van der Waals surface area contributed by atoms with Crippen molar-refractivity contribution in [3.8, 4) is 5.75 Å². The topological polar surface area (TPSA) is 72.6 Å². The van der Waals surface area contributed by atoms with E-state index in [-0.39, 0.29) is 18.4 Å². The van der Waals surface area contributed by atoms with Crippen LogP contribution in [0.15, 0.2) is 24.3 Å². The molecule has 5 nitrogen and oxygen atoms in total. The minimum absolute atomic E-state index is 0.00544. The predicted octanol–water partition coefficient (Wildman–Crippen LogP) is 0.496. The summed E-state index contributed by atoms with van der Waals surface area (Å²) in [4.78, 5) is 24.1. The molecule has 96 valence electrons. The molecule has 1 aromatic carbocycles. The van der Waals surface area contributed by atoms with Gasteiger partial charge in [-0.2, -0.15) is 0 Å². The Kier molecular flexibility index (Phi) is 3.50. The van der Waals surface area contributed by atoms with E-state index in [0.29, 0.717) is 13.0 Å². The quantitative estimate of drug-likeness (QED) is 0.843. The number of ether oxygens (including phenoxy) is 1. The Morgan fingerprint density at radius 1 is 1.44 bits per heavy atom. The maximum Gasteiger partial charge on any atom is 0.237 e. The fourth-order valence-corrected chi connectivity index (χ4v) is 2.21. The largest absolute Gasteiger partial charge is 0.497 e. The summed E-state index contributed by atoms with van der Waals surface area (Å²) in [5.41, 5.74) is 6.19. The van der Waals surface area contributed by atoms with Crippen LogP contribution in [0.3, 0.4) is 0 Å². The molecule has 2 N–H and O–H groups in total. The zero-order valence-electron chi connectivity index (χ0n) is 10.3. The molecule has 2 rings (SSSR count). The maximum atomic E-state index is 11.7. The summed E-state index contributed by atoms with van der Waals surface area (Å²) in [6.07, 6.45) is 0.430. The molecule has 1 saturated heterocycles. The van der Waals surface area contributed by atoms with Crippen molar-refractivity contribution in [1.29, 1.82) is 0 Å². The number of carbonyl (C=O) groups excluding carboxylic acids is 2. The number of rotatable bonds is 4. The minimum atomic E-state index is -0.473. The number of nitrogens with zero attached hydrogens (tertiary/aromatic N) is 1. The lowest BCUT2D eigenvalue weighted by Crippen LogP contribution is -2.34. The zero-order chi connectivity index (χ0) is 13.1. The van der Waals surface area contributed by atoms with Crippen LogP contribution in [0.25, 0.3) is 0 Å². The lowest BCUT2D eigenvalue weighted by atomic mass is 9.98. The van der Waals surface area contributed by atoms with Crippen LogP contribution in [0.1, 0.15) is 17.9 Å². The summed E-state index contributed by atoms with van der Waals surface area (Å²) in [6, 6.07) is 7.64. The third-order valence-corrected chi connectivity index (χ3v) is 3.15. The first kappa shape index (κ1) is 12.4. The van der Waals surface area contributed by atoms with Gasteiger partial charge in [0.15, 0.2) is 0 Å². The number of primary amides is 1. The lowest BCUT2D eigenvalue weighted by Gasteiger charge is -2.14.